The molecule has 1 heterocycles. The van der Waals surface area contributed by atoms with Crippen molar-refractivity contribution in [3.8, 4) is 0 Å². The van der Waals surface area contributed by atoms with Crippen molar-refractivity contribution >= 4 is 10.0 Å². The summed E-state index contributed by atoms with van der Waals surface area (Å²) in [5, 5.41) is 9.52. The number of rotatable bonds is 4. The molecule has 0 radical (unpaired) electrons. The third-order valence-electron chi connectivity index (χ3n) is 3.61. The van der Waals surface area contributed by atoms with E-state index in [1.54, 1.807) is 6.92 Å². The van der Waals surface area contributed by atoms with Crippen molar-refractivity contribution in [2.75, 3.05) is 6.54 Å². The lowest BCUT2D eigenvalue weighted by Crippen LogP contribution is -2.44. The van der Waals surface area contributed by atoms with Crippen LogP contribution in [0.1, 0.15) is 32.6 Å². The number of aliphatic hydroxyl groups is 1. The Morgan fingerprint density at radius 2 is 2.00 bits per heavy atom. The quantitative estimate of drug-likeness (QED) is 0.927. The second-order valence-electron chi connectivity index (χ2n) is 5.30. The van der Waals surface area contributed by atoms with Gasteiger partial charge in [-0.25, -0.2) is 12.8 Å². The van der Waals surface area contributed by atoms with Gasteiger partial charge in [0.05, 0.1) is 11.0 Å². The van der Waals surface area contributed by atoms with Crippen molar-refractivity contribution in [2.24, 2.45) is 0 Å². The van der Waals surface area contributed by atoms with Crippen LogP contribution in [0.2, 0.25) is 0 Å². The van der Waals surface area contributed by atoms with Crippen molar-refractivity contribution in [1.82, 2.24) is 4.31 Å². The van der Waals surface area contributed by atoms with Crippen molar-refractivity contribution in [1.29, 1.82) is 0 Å². The topological polar surface area (TPSA) is 57.6 Å². The summed E-state index contributed by atoms with van der Waals surface area (Å²) in [4.78, 5) is 0.108. The van der Waals surface area contributed by atoms with E-state index in [0.29, 0.717) is 13.0 Å². The summed E-state index contributed by atoms with van der Waals surface area (Å²) in [5.74, 6) is -0.455. The molecule has 0 saturated carbocycles. The van der Waals surface area contributed by atoms with E-state index in [1.165, 1.54) is 16.4 Å². The fourth-order valence-corrected chi connectivity index (χ4v) is 4.37. The number of hydrogen-bond acceptors (Lipinski definition) is 3. The van der Waals surface area contributed by atoms with Crippen LogP contribution in [-0.4, -0.2) is 36.5 Å². The van der Waals surface area contributed by atoms with Crippen LogP contribution in [0.4, 0.5) is 4.39 Å². The zero-order valence-electron chi connectivity index (χ0n) is 11.5. The molecule has 1 aromatic carbocycles. The van der Waals surface area contributed by atoms with Crippen LogP contribution in [0, 0.1) is 5.82 Å². The molecule has 0 bridgehead atoms. The predicted molar refractivity (Wildman–Crippen MR) is 74.2 cm³/mol. The highest BCUT2D eigenvalue weighted by molar-refractivity contribution is 7.89. The van der Waals surface area contributed by atoms with Gasteiger partial charge in [-0.15, -0.1) is 0 Å². The third-order valence-corrected chi connectivity index (χ3v) is 5.57. The maximum absolute atomic E-state index is 12.9. The van der Waals surface area contributed by atoms with Gasteiger partial charge in [0.25, 0.3) is 0 Å². The molecule has 2 rings (SSSR count). The summed E-state index contributed by atoms with van der Waals surface area (Å²) in [5.41, 5.74) is 0. The summed E-state index contributed by atoms with van der Waals surface area (Å²) in [6.45, 7) is 2.12. The molecule has 1 fully saturated rings. The molecule has 2 atom stereocenters. The maximum atomic E-state index is 12.9. The van der Waals surface area contributed by atoms with Gasteiger partial charge in [-0.05, 0) is 50.5 Å². The lowest BCUT2D eigenvalue weighted by Gasteiger charge is -2.35. The summed E-state index contributed by atoms with van der Waals surface area (Å²) >= 11 is 0. The van der Waals surface area contributed by atoms with Gasteiger partial charge in [0, 0.05) is 12.6 Å². The van der Waals surface area contributed by atoms with Crippen molar-refractivity contribution in [2.45, 2.75) is 49.6 Å². The largest absolute Gasteiger partial charge is 0.393 e. The first kappa shape index (κ1) is 15.4. The molecule has 112 valence electrons. The monoisotopic (exact) mass is 301 g/mol. The van der Waals surface area contributed by atoms with Crippen molar-refractivity contribution in [3.63, 3.8) is 0 Å². The molecule has 4 nitrogen and oxygen atoms in total. The smallest absolute Gasteiger partial charge is 0.243 e. The van der Waals surface area contributed by atoms with Crippen molar-refractivity contribution < 1.29 is 17.9 Å². The molecule has 1 aromatic rings. The molecule has 1 aliphatic rings. The molecule has 1 N–H and O–H groups in total. The normalized spacial score (nSPS) is 22.6. The van der Waals surface area contributed by atoms with Crippen LogP contribution in [0.3, 0.4) is 0 Å². The molecular formula is C14H20FNO3S. The van der Waals surface area contributed by atoms with E-state index < -0.39 is 21.9 Å². The molecule has 0 amide bonds. The second kappa shape index (κ2) is 6.20. The molecule has 0 spiro atoms. The van der Waals surface area contributed by atoms with Gasteiger partial charge in [0.15, 0.2) is 0 Å². The first-order valence-electron chi connectivity index (χ1n) is 6.87. The number of nitrogens with zero attached hydrogens (tertiary/aromatic N) is 1. The lowest BCUT2D eigenvalue weighted by atomic mass is 10.00. The maximum Gasteiger partial charge on any atom is 0.243 e. The first-order chi connectivity index (χ1) is 9.41. The van der Waals surface area contributed by atoms with Gasteiger partial charge in [0.2, 0.25) is 10.0 Å². The number of hydrogen-bond donors (Lipinski definition) is 1. The first-order valence-corrected chi connectivity index (χ1v) is 8.31. The third kappa shape index (κ3) is 3.37. The zero-order valence-corrected chi connectivity index (χ0v) is 12.3. The number of sulfonamides is 1. The van der Waals surface area contributed by atoms with Gasteiger partial charge in [-0.1, -0.05) is 6.42 Å². The van der Waals surface area contributed by atoms with E-state index in [0.717, 1.165) is 31.4 Å². The van der Waals surface area contributed by atoms with Gasteiger partial charge in [-0.2, -0.15) is 4.31 Å². The molecule has 6 heteroatoms. The Morgan fingerprint density at radius 1 is 1.35 bits per heavy atom. The highest BCUT2D eigenvalue weighted by Crippen LogP contribution is 2.27. The lowest BCUT2D eigenvalue weighted by molar-refractivity contribution is 0.132. The minimum atomic E-state index is -3.62. The van der Waals surface area contributed by atoms with Crippen molar-refractivity contribution in [3.05, 3.63) is 30.1 Å². The molecule has 1 saturated heterocycles. The molecule has 1 aliphatic heterocycles. The SMILES string of the molecule is CC(O)CC1CCCCN1S(=O)(=O)c1ccc(F)cc1. The average molecular weight is 301 g/mol. The number of piperidine rings is 1. The van der Waals surface area contributed by atoms with Crippen LogP contribution in [0.15, 0.2) is 29.2 Å². The van der Waals surface area contributed by atoms with Gasteiger partial charge in [0.1, 0.15) is 5.82 Å². The second-order valence-corrected chi connectivity index (χ2v) is 7.19. The molecule has 20 heavy (non-hydrogen) atoms. The Balaban J connectivity index is 2.28. The molecule has 0 aromatic heterocycles. The zero-order chi connectivity index (χ0) is 14.8. The minimum Gasteiger partial charge on any atom is -0.393 e. The molecular weight excluding hydrogens is 281 g/mol. The van der Waals surface area contributed by atoms with Crippen LogP contribution in [0.5, 0.6) is 0 Å². The standard InChI is InChI=1S/C14H20FNO3S/c1-11(17)10-13-4-2-3-9-16(13)20(18,19)14-7-5-12(15)6-8-14/h5-8,11,13,17H,2-4,9-10H2,1H3. The Hall–Kier alpha value is -0.980. The van der Waals surface area contributed by atoms with E-state index in [-0.39, 0.29) is 10.9 Å². The summed E-state index contributed by atoms with van der Waals surface area (Å²) in [6, 6.07) is 4.71. The van der Waals surface area contributed by atoms with E-state index in [4.69, 9.17) is 0 Å². The van der Waals surface area contributed by atoms with Crippen LogP contribution >= 0.6 is 0 Å². The number of halogens is 1. The van der Waals surface area contributed by atoms with Gasteiger partial charge >= 0.3 is 0 Å². The van der Waals surface area contributed by atoms with E-state index in [1.807, 2.05) is 0 Å². The fraction of sp³-hybridized carbons (Fsp3) is 0.571. The number of aliphatic hydroxyl groups excluding tert-OH is 1. The molecule has 0 aliphatic carbocycles. The molecule has 2 unspecified atom stereocenters. The van der Waals surface area contributed by atoms with E-state index in [9.17, 15) is 17.9 Å². The van der Waals surface area contributed by atoms with Crippen LogP contribution < -0.4 is 0 Å². The van der Waals surface area contributed by atoms with Crippen LogP contribution in [-0.2, 0) is 10.0 Å². The summed E-state index contributed by atoms with van der Waals surface area (Å²) < 4.78 is 39.6. The van der Waals surface area contributed by atoms with Gasteiger partial charge < -0.3 is 5.11 Å². The Morgan fingerprint density at radius 3 is 2.60 bits per heavy atom. The van der Waals surface area contributed by atoms with Crippen LogP contribution in [0.25, 0.3) is 0 Å². The van der Waals surface area contributed by atoms with Gasteiger partial charge in [-0.3, -0.25) is 0 Å². The predicted octanol–water partition coefficient (Wildman–Crippen LogP) is 2.14. The fourth-order valence-electron chi connectivity index (χ4n) is 2.66. The Labute approximate surface area is 119 Å². The van der Waals surface area contributed by atoms with E-state index in [2.05, 4.69) is 0 Å². The average Bonchev–Trinajstić information content (AvgIpc) is 2.39. The highest BCUT2D eigenvalue weighted by Gasteiger charge is 2.33. The highest BCUT2D eigenvalue weighted by atomic mass is 32.2. The Bertz CT molecular complexity index is 542. The minimum absolute atomic E-state index is 0.108. The summed E-state index contributed by atoms with van der Waals surface area (Å²) in [7, 11) is -3.62. The van der Waals surface area contributed by atoms with E-state index >= 15 is 0 Å². The Kier molecular flexibility index (Phi) is 4.78. The summed E-state index contributed by atoms with van der Waals surface area (Å²) in [6.07, 6.45) is 2.43. The number of benzene rings is 1.